The molecular weight excluding hydrogens is 481 g/mol. The molecule has 2 N–H and O–H groups in total. The molecule has 1 aliphatic rings. The lowest BCUT2D eigenvalue weighted by molar-refractivity contribution is 0.206. The van der Waals surface area contributed by atoms with Crippen molar-refractivity contribution in [1.82, 2.24) is 20.4 Å². The van der Waals surface area contributed by atoms with Gasteiger partial charge in [0, 0.05) is 25.7 Å². The van der Waals surface area contributed by atoms with E-state index in [0.29, 0.717) is 12.1 Å². The molecule has 7 heteroatoms. The first-order valence-electron chi connectivity index (χ1n) is 10.7. The summed E-state index contributed by atoms with van der Waals surface area (Å²) in [5.74, 6) is 0.971. The van der Waals surface area contributed by atoms with Gasteiger partial charge in [-0.05, 0) is 68.2 Å². The highest BCUT2D eigenvalue weighted by Crippen LogP contribution is 2.23. The first kappa shape index (κ1) is 25.7. The van der Waals surface area contributed by atoms with Gasteiger partial charge in [-0.3, -0.25) is 9.89 Å². The van der Waals surface area contributed by atoms with Crippen molar-refractivity contribution in [2.24, 2.45) is 4.99 Å². The van der Waals surface area contributed by atoms with Crippen LogP contribution in [0.2, 0.25) is 0 Å². The molecule has 28 heavy (non-hydrogen) atoms. The Bertz CT molecular complexity index is 525. The Hall–Kier alpha value is -0.380. The van der Waals surface area contributed by atoms with E-state index in [1.807, 2.05) is 0 Å². The molecule has 1 fully saturated rings. The number of aliphatic imine (C=N–C) groups is 1. The van der Waals surface area contributed by atoms with Crippen molar-refractivity contribution in [3.8, 4) is 0 Å². The van der Waals surface area contributed by atoms with Gasteiger partial charge in [-0.15, -0.1) is 24.0 Å². The number of hydrogen-bond acceptors (Lipinski definition) is 4. The largest absolute Gasteiger partial charge is 0.357 e. The van der Waals surface area contributed by atoms with Crippen LogP contribution in [-0.2, 0) is 0 Å². The fourth-order valence-corrected chi connectivity index (χ4v) is 4.58. The van der Waals surface area contributed by atoms with Gasteiger partial charge in [-0.25, -0.2) is 0 Å². The molecule has 1 atom stereocenters. The second-order valence-electron chi connectivity index (χ2n) is 7.27. The summed E-state index contributed by atoms with van der Waals surface area (Å²) < 4.78 is 0. The quantitative estimate of drug-likeness (QED) is 0.276. The molecule has 0 radical (unpaired) electrons. The summed E-state index contributed by atoms with van der Waals surface area (Å²) in [4.78, 5) is 10.1. The molecule has 0 amide bonds. The van der Waals surface area contributed by atoms with E-state index >= 15 is 0 Å². The summed E-state index contributed by atoms with van der Waals surface area (Å²) in [6.45, 7) is 16.3. The Balaban J connectivity index is 0.00000392. The molecule has 0 aliphatic carbocycles. The number of halogens is 1. The van der Waals surface area contributed by atoms with E-state index in [1.54, 1.807) is 11.3 Å². The predicted octanol–water partition coefficient (Wildman–Crippen LogP) is 4.18. The number of rotatable bonds is 10. The molecule has 0 spiro atoms. The molecule has 1 unspecified atom stereocenters. The molecule has 1 aromatic heterocycles. The normalized spacial score (nSPS) is 17.4. The second kappa shape index (κ2) is 14.6. The van der Waals surface area contributed by atoms with E-state index in [4.69, 9.17) is 4.99 Å². The van der Waals surface area contributed by atoms with Crippen LogP contribution in [0.25, 0.3) is 0 Å². The standard InChI is InChI=1S/C21H39N5S.HI/c1-5-12-25-13-9-19(10-14-25)24-21(22-6-2)23-16-20(26(7-3)8-4)18-11-15-27-17-18;/h11,15,17,19-20H,5-10,12-14,16H2,1-4H3,(H2,22,23,24);1H. The third kappa shape index (κ3) is 8.16. The zero-order valence-electron chi connectivity index (χ0n) is 18.1. The third-order valence-electron chi connectivity index (χ3n) is 5.42. The van der Waals surface area contributed by atoms with E-state index in [2.05, 4.69) is 65.0 Å². The molecule has 162 valence electrons. The minimum Gasteiger partial charge on any atom is -0.357 e. The van der Waals surface area contributed by atoms with Crippen LogP contribution in [0, 0.1) is 0 Å². The maximum atomic E-state index is 4.98. The van der Waals surface area contributed by atoms with Crippen molar-refractivity contribution in [3.63, 3.8) is 0 Å². The van der Waals surface area contributed by atoms with Crippen LogP contribution in [-0.4, -0.2) is 67.6 Å². The predicted molar refractivity (Wildman–Crippen MR) is 134 cm³/mol. The average Bonchev–Trinajstić information content (AvgIpc) is 3.21. The van der Waals surface area contributed by atoms with Gasteiger partial charge >= 0.3 is 0 Å². The van der Waals surface area contributed by atoms with Crippen LogP contribution < -0.4 is 10.6 Å². The Morgan fingerprint density at radius 3 is 2.50 bits per heavy atom. The Kier molecular flexibility index (Phi) is 13.4. The van der Waals surface area contributed by atoms with E-state index < -0.39 is 0 Å². The smallest absolute Gasteiger partial charge is 0.191 e. The molecule has 1 aromatic rings. The van der Waals surface area contributed by atoms with Gasteiger partial charge in [-0.2, -0.15) is 11.3 Å². The number of piperidine rings is 1. The number of thiophene rings is 1. The van der Waals surface area contributed by atoms with Crippen molar-refractivity contribution in [1.29, 1.82) is 0 Å². The lowest BCUT2D eigenvalue weighted by atomic mass is 10.1. The van der Waals surface area contributed by atoms with Crippen molar-refractivity contribution in [2.45, 2.75) is 59.0 Å². The van der Waals surface area contributed by atoms with Gasteiger partial charge in [0.1, 0.15) is 0 Å². The van der Waals surface area contributed by atoms with Gasteiger partial charge in [0.2, 0.25) is 0 Å². The summed E-state index contributed by atoms with van der Waals surface area (Å²) in [6.07, 6.45) is 3.65. The summed E-state index contributed by atoms with van der Waals surface area (Å²) >= 11 is 1.77. The molecule has 0 aromatic carbocycles. The molecule has 0 bridgehead atoms. The number of likely N-dealkylation sites (N-methyl/N-ethyl adjacent to an activating group) is 1. The molecule has 2 heterocycles. The first-order chi connectivity index (χ1) is 13.2. The Labute approximate surface area is 193 Å². The fraction of sp³-hybridized carbons (Fsp3) is 0.762. The molecule has 0 saturated carbocycles. The van der Waals surface area contributed by atoms with Crippen LogP contribution >= 0.6 is 35.3 Å². The van der Waals surface area contributed by atoms with Crippen LogP contribution in [0.4, 0.5) is 0 Å². The average molecular weight is 522 g/mol. The fourth-order valence-electron chi connectivity index (χ4n) is 3.87. The van der Waals surface area contributed by atoms with Crippen LogP contribution in [0.15, 0.2) is 21.8 Å². The van der Waals surface area contributed by atoms with Gasteiger partial charge in [0.15, 0.2) is 5.96 Å². The van der Waals surface area contributed by atoms with Gasteiger partial charge < -0.3 is 15.5 Å². The topological polar surface area (TPSA) is 42.9 Å². The highest BCUT2D eigenvalue weighted by Gasteiger charge is 2.21. The second-order valence-corrected chi connectivity index (χ2v) is 8.05. The number of guanidine groups is 1. The van der Waals surface area contributed by atoms with Crippen LogP contribution in [0.1, 0.15) is 58.6 Å². The van der Waals surface area contributed by atoms with Crippen LogP contribution in [0.5, 0.6) is 0 Å². The van der Waals surface area contributed by atoms with Crippen LogP contribution in [0.3, 0.4) is 0 Å². The summed E-state index contributed by atoms with van der Waals surface area (Å²) in [5, 5.41) is 11.6. The molecule has 2 rings (SSSR count). The summed E-state index contributed by atoms with van der Waals surface area (Å²) in [6, 6.07) is 3.13. The zero-order valence-corrected chi connectivity index (χ0v) is 21.3. The summed E-state index contributed by atoms with van der Waals surface area (Å²) in [5.41, 5.74) is 1.39. The van der Waals surface area contributed by atoms with E-state index in [-0.39, 0.29) is 24.0 Å². The maximum absolute atomic E-state index is 4.98. The van der Waals surface area contributed by atoms with Gasteiger partial charge in [0.25, 0.3) is 0 Å². The molecular formula is C21H40IN5S. The number of hydrogen-bond donors (Lipinski definition) is 2. The summed E-state index contributed by atoms with van der Waals surface area (Å²) in [7, 11) is 0. The lowest BCUT2D eigenvalue weighted by Crippen LogP contribution is -2.49. The van der Waals surface area contributed by atoms with Crippen molar-refractivity contribution in [3.05, 3.63) is 22.4 Å². The van der Waals surface area contributed by atoms with E-state index in [1.165, 1.54) is 44.5 Å². The highest BCUT2D eigenvalue weighted by molar-refractivity contribution is 14.0. The number of nitrogens with zero attached hydrogens (tertiary/aromatic N) is 3. The third-order valence-corrected chi connectivity index (χ3v) is 6.12. The minimum atomic E-state index is 0. The monoisotopic (exact) mass is 521 g/mol. The lowest BCUT2D eigenvalue weighted by Gasteiger charge is -2.33. The zero-order chi connectivity index (χ0) is 19.5. The Morgan fingerprint density at radius 2 is 1.96 bits per heavy atom. The highest BCUT2D eigenvalue weighted by atomic mass is 127. The van der Waals surface area contributed by atoms with Gasteiger partial charge in [-0.1, -0.05) is 20.8 Å². The Morgan fingerprint density at radius 1 is 1.25 bits per heavy atom. The van der Waals surface area contributed by atoms with Crippen molar-refractivity contribution >= 4 is 41.3 Å². The van der Waals surface area contributed by atoms with Crippen molar-refractivity contribution in [2.75, 3.05) is 45.8 Å². The SMILES string of the molecule is CCCN1CCC(NC(=NCC(c2ccsc2)N(CC)CC)NCC)CC1.I. The molecule has 1 aliphatic heterocycles. The number of likely N-dealkylation sites (tertiary alicyclic amines) is 1. The van der Waals surface area contributed by atoms with Gasteiger partial charge in [0.05, 0.1) is 12.6 Å². The molecule has 5 nitrogen and oxygen atoms in total. The van der Waals surface area contributed by atoms with E-state index in [9.17, 15) is 0 Å². The molecule has 1 saturated heterocycles. The van der Waals surface area contributed by atoms with Crippen molar-refractivity contribution < 1.29 is 0 Å². The first-order valence-corrected chi connectivity index (χ1v) is 11.7. The number of nitrogens with one attached hydrogen (secondary N) is 2. The van der Waals surface area contributed by atoms with E-state index in [0.717, 1.165) is 32.1 Å². The maximum Gasteiger partial charge on any atom is 0.191 e. The minimum absolute atomic E-state index is 0.